The number of para-hydroxylation sites is 1. The van der Waals surface area contributed by atoms with Crippen LogP contribution in [-0.2, 0) is 13.0 Å². The van der Waals surface area contributed by atoms with Crippen LogP contribution >= 0.6 is 46.7 Å². The molecule has 0 unspecified atom stereocenters. The average Bonchev–Trinajstić information content (AvgIpc) is 3.57. The minimum absolute atomic E-state index is 0. The van der Waals surface area contributed by atoms with Crippen LogP contribution in [0.2, 0.25) is 5.02 Å². The molecule has 0 saturated carbocycles. The van der Waals surface area contributed by atoms with Crippen LogP contribution in [0.3, 0.4) is 0 Å². The Balaban J connectivity index is 0.00000280. The van der Waals surface area contributed by atoms with Crippen molar-refractivity contribution in [2.24, 2.45) is 0 Å². The number of benzene rings is 2. The third kappa shape index (κ3) is 4.69. The van der Waals surface area contributed by atoms with E-state index in [-0.39, 0.29) is 18.3 Å². The van der Waals surface area contributed by atoms with Gasteiger partial charge in [0.25, 0.3) is 5.91 Å². The van der Waals surface area contributed by atoms with Crippen molar-refractivity contribution in [1.82, 2.24) is 15.0 Å². The summed E-state index contributed by atoms with van der Waals surface area (Å²) in [4.78, 5) is 22.4. The lowest BCUT2D eigenvalue weighted by molar-refractivity contribution is 0.102. The predicted octanol–water partition coefficient (Wildman–Crippen LogP) is 7.69. The van der Waals surface area contributed by atoms with Crippen molar-refractivity contribution in [2.45, 2.75) is 26.8 Å². The van der Waals surface area contributed by atoms with E-state index in [0.29, 0.717) is 27.6 Å². The fourth-order valence-corrected chi connectivity index (χ4v) is 7.28. The number of thiophene rings is 1. The monoisotopic (exact) mass is 570 g/mol. The summed E-state index contributed by atoms with van der Waals surface area (Å²) < 4.78 is 6.58. The van der Waals surface area contributed by atoms with Crippen LogP contribution in [0.1, 0.15) is 33.5 Å². The summed E-state index contributed by atoms with van der Waals surface area (Å²) in [7, 11) is 0. The Kier molecular flexibility index (Phi) is 7.38. The van der Waals surface area contributed by atoms with Crippen LogP contribution in [0.25, 0.3) is 32.0 Å². The molecular formula is C27H24Cl2N4O2S2. The van der Waals surface area contributed by atoms with Crippen LogP contribution in [0.15, 0.2) is 53.1 Å². The van der Waals surface area contributed by atoms with Gasteiger partial charge in [-0.3, -0.25) is 9.69 Å². The smallest absolute Gasteiger partial charge is 0.262 e. The van der Waals surface area contributed by atoms with Gasteiger partial charge in [-0.1, -0.05) is 54.0 Å². The third-order valence-electron chi connectivity index (χ3n) is 6.54. The summed E-state index contributed by atoms with van der Waals surface area (Å²) in [6, 6.07) is 15.5. The molecule has 6 nitrogen and oxygen atoms in total. The van der Waals surface area contributed by atoms with Crippen molar-refractivity contribution in [3.63, 3.8) is 0 Å². The zero-order chi connectivity index (χ0) is 24.8. The molecule has 1 aliphatic rings. The first-order chi connectivity index (χ1) is 17.5. The van der Waals surface area contributed by atoms with E-state index in [9.17, 15) is 4.79 Å². The number of hydrogen-bond donors (Lipinski definition) is 1. The SMILES string of the molecule is CCN1CCc2c(sc(NC(=O)c3c(-c4ccccc4Cl)noc3C)c2-c2nc3ccccc3s2)C1.Cl. The minimum atomic E-state index is -0.267. The van der Waals surface area contributed by atoms with Gasteiger partial charge < -0.3 is 9.84 Å². The molecule has 0 spiro atoms. The van der Waals surface area contributed by atoms with Gasteiger partial charge in [0, 0.05) is 29.1 Å². The summed E-state index contributed by atoms with van der Waals surface area (Å²) in [6.07, 6.45) is 0.929. The van der Waals surface area contributed by atoms with Crippen molar-refractivity contribution in [3.8, 4) is 21.8 Å². The largest absolute Gasteiger partial charge is 0.360 e. The zero-order valence-electron chi connectivity index (χ0n) is 20.2. The van der Waals surface area contributed by atoms with Gasteiger partial charge in [0.05, 0.1) is 15.2 Å². The maximum atomic E-state index is 13.7. The van der Waals surface area contributed by atoms with E-state index in [1.165, 1.54) is 10.4 Å². The number of likely N-dealkylation sites (N-methyl/N-ethyl adjacent to an activating group) is 1. The third-order valence-corrected chi connectivity index (χ3v) is 9.05. The molecule has 0 fully saturated rings. The maximum Gasteiger partial charge on any atom is 0.262 e. The lowest BCUT2D eigenvalue weighted by atomic mass is 10.0. The number of amides is 1. The number of carbonyl (C=O) groups is 1. The summed E-state index contributed by atoms with van der Waals surface area (Å²) in [5.74, 6) is 0.180. The van der Waals surface area contributed by atoms with Crippen LogP contribution in [-0.4, -0.2) is 34.0 Å². The normalized spacial score (nSPS) is 13.4. The van der Waals surface area contributed by atoms with Gasteiger partial charge in [-0.05, 0) is 43.7 Å². The lowest BCUT2D eigenvalue weighted by Gasteiger charge is -2.25. The molecule has 0 atom stereocenters. The van der Waals surface area contributed by atoms with Crippen LogP contribution < -0.4 is 5.32 Å². The summed E-state index contributed by atoms with van der Waals surface area (Å²) in [5.41, 5.74) is 4.78. The van der Waals surface area contributed by atoms with E-state index in [1.807, 2.05) is 36.4 Å². The topological polar surface area (TPSA) is 71.3 Å². The number of thiazole rings is 1. The highest BCUT2D eigenvalue weighted by atomic mass is 35.5. The highest BCUT2D eigenvalue weighted by Crippen LogP contribution is 2.46. The number of aryl methyl sites for hydroxylation is 1. The molecule has 1 amide bonds. The van der Waals surface area contributed by atoms with Gasteiger partial charge in [-0.2, -0.15) is 0 Å². The quantitative estimate of drug-likeness (QED) is 0.234. The number of fused-ring (bicyclic) bond motifs is 2. The summed E-state index contributed by atoms with van der Waals surface area (Å²) in [5, 5.41) is 9.63. The number of hydrogen-bond acceptors (Lipinski definition) is 7. The first kappa shape index (κ1) is 25.9. The molecule has 0 aliphatic carbocycles. The highest BCUT2D eigenvalue weighted by molar-refractivity contribution is 7.23. The molecule has 0 radical (unpaired) electrons. The van der Waals surface area contributed by atoms with Crippen LogP contribution in [0, 0.1) is 6.92 Å². The molecule has 4 heterocycles. The summed E-state index contributed by atoms with van der Waals surface area (Å²) >= 11 is 9.72. The molecule has 1 N–H and O–H groups in total. The lowest BCUT2D eigenvalue weighted by Crippen LogP contribution is -2.29. The number of anilines is 1. The van der Waals surface area contributed by atoms with E-state index in [2.05, 4.69) is 28.4 Å². The molecular weight excluding hydrogens is 547 g/mol. The van der Waals surface area contributed by atoms with E-state index in [4.69, 9.17) is 21.1 Å². The standard InChI is InChI=1S/C27H23ClN4O2S2.ClH/c1-3-32-13-12-17-21(14-32)36-27(23(17)26-29-19-10-6-7-11-20(19)35-26)30-25(33)22-15(2)34-31-24(22)16-8-4-5-9-18(16)28;/h4-11H,3,12-14H2,1-2H3,(H,30,33);1H. The van der Waals surface area contributed by atoms with Crippen molar-refractivity contribution in [1.29, 1.82) is 0 Å². The van der Waals surface area contributed by atoms with Crippen molar-refractivity contribution < 1.29 is 9.32 Å². The average molecular weight is 572 g/mol. The van der Waals surface area contributed by atoms with Gasteiger partial charge in [-0.15, -0.1) is 35.1 Å². The van der Waals surface area contributed by atoms with Crippen molar-refractivity contribution in [3.05, 3.63) is 75.3 Å². The van der Waals surface area contributed by atoms with E-state index < -0.39 is 0 Å². The van der Waals surface area contributed by atoms with Gasteiger partial charge in [-0.25, -0.2) is 4.98 Å². The zero-order valence-corrected chi connectivity index (χ0v) is 23.4. The fraction of sp³-hybridized carbons (Fsp3) is 0.222. The van der Waals surface area contributed by atoms with Gasteiger partial charge >= 0.3 is 0 Å². The summed E-state index contributed by atoms with van der Waals surface area (Å²) in [6.45, 7) is 6.79. The maximum absolute atomic E-state index is 13.7. The van der Waals surface area contributed by atoms with E-state index >= 15 is 0 Å². The minimum Gasteiger partial charge on any atom is -0.360 e. The predicted molar refractivity (Wildman–Crippen MR) is 154 cm³/mol. The number of carbonyl (C=O) groups excluding carboxylic acids is 1. The molecule has 37 heavy (non-hydrogen) atoms. The van der Waals surface area contributed by atoms with Crippen LogP contribution in [0.5, 0.6) is 0 Å². The molecule has 6 rings (SSSR count). The Morgan fingerprint density at radius 2 is 1.95 bits per heavy atom. The fourth-order valence-electron chi connectivity index (χ4n) is 4.66. The molecule has 0 saturated heterocycles. The van der Waals surface area contributed by atoms with E-state index in [0.717, 1.165) is 51.8 Å². The Labute approximate surface area is 233 Å². The second-order valence-electron chi connectivity index (χ2n) is 8.71. The Morgan fingerprint density at radius 1 is 1.16 bits per heavy atom. The molecule has 2 aromatic carbocycles. The second kappa shape index (κ2) is 10.6. The Hall–Kier alpha value is -2.75. The molecule has 5 aromatic rings. The van der Waals surface area contributed by atoms with E-state index in [1.54, 1.807) is 35.7 Å². The molecule has 0 bridgehead atoms. The Bertz CT molecular complexity index is 1570. The molecule has 10 heteroatoms. The number of rotatable bonds is 5. The first-order valence-electron chi connectivity index (χ1n) is 11.8. The molecule has 3 aromatic heterocycles. The Morgan fingerprint density at radius 3 is 2.73 bits per heavy atom. The van der Waals surface area contributed by atoms with Crippen LogP contribution in [0.4, 0.5) is 5.00 Å². The second-order valence-corrected chi connectivity index (χ2v) is 11.3. The number of aromatic nitrogens is 2. The number of halogens is 2. The van der Waals surface area contributed by atoms with Gasteiger partial charge in [0.2, 0.25) is 0 Å². The number of nitrogens with zero attached hydrogens (tertiary/aromatic N) is 3. The number of nitrogens with one attached hydrogen (secondary N) is 1. The van der Waals surface area contributed by atoms with Crippen molar-refractivity contribution >= 4 is 67.8 Å². The van der Waals surface area contributed by atoms with Gasteiger partial charge in [0.1, 0.15) is 27.0 Å². The highest BCUT2D eigenvalue weighted by Gasteiger charge is 2.29. The van der Waals surface area contributed by atoms with Crippen molar-refractivity contribution in [2.75, 3.05) is 18.4 Å². The van der Waals surface area contributed by atoms with Gasteiger partial charge in [0.15, 0.2) is 0 Å². The first-order valence-corrected chi connectivity index (χ1v) is 13.8. The molecule has 190 valence electrons. The molecule has 1 aliphatic heterocycles.